The Hall–Kier alpha value is -2.05. The second-order valence-corrected chi connectivity index (χ2v) is 7.12. The molecule has 7 nitrogen and oxygen atoms in total. The molecule has 0 aromatic carbocycles. The summed E-state index contributed by atoms with van der Waals surface area (Å²) in [6, 6.07) is 0.704. The molecule has 24 heavy (non-hydrogen) atoms. The maximum atomic E-state index is 12.6. The smallest absolute Gasteiger partial charge is 0.329 e. The summed E-state index contributed by atoms with van der Waals surface area (Å²) in [6.45, 7) is 5.43. The van der Waals surface area contributed by atoms with Crippen molar-refractivity contribution in [2.24, 2.45) is 5.92 Å². The number of aromatic nitrogens is 1. The Bertz CT molecular complexity index is 570. The third kappa shape index (κ3) is 4.97. The Morgan fingerprint density at radius 2 is 1.96 bits per heavy atom. The van der Waals surface area contributed by atoms with Crippen LogP contribution in [0.1, 0.15) is 63.4 Å². The number of rotatable bonds is 5. The summed E-state index contributed by atoms with van der Waals surface area (Å²) in [6.07, 6.45) is 5.05. The molecule has 1 aliphatic carbocycles. The summed E-state index contributed by atoms with van der Waals surface area (Å²) in [7, 11) is 1.44. The van der Waals surface area contributed by atoms with Gasteiger partial charge in [-0.25, -0.2) is 4.79 Å². The van der Waals surface area contributed by atoms with Gasteiger partial charge in [-0.05, 0) is 44.7 Å². The van der Waals surface area contributed by atoms with E-state index in [1.54, 1.807) is 0 Å². The number of hydrogen-bond acceptors (Lipinski definition) is 6. The molecule has 0 radical (unpaired) electrons. The molecule has 1 aromatic rings. The molecule has 1 amide bonds. The van der Waals surface area contributed by atoms with Gasteiger partial charge in [0.15, 0.2) is 0 Å². The number of nitrogens with zero attached hydrogens (tertiary/aromatic N) is 1. The van der Waals surface area contributed by atoms with Gasteiger partial charge in [-0.1, -0.05) is 19.3 Å². The van der Waals surface area contributed by atoms with Crippen molar-refractivity contribution in [3.63, 3.8) is 0 Å². The lowest BCUT2D eigenvalue weighted by Crippen LogP contribution is -2.49. The Kier molecular flexibility index (Phi) is 5.85. The number of carbonyl (C=O) groups is 2. The fourth-order valence-electron chi connectivity index (χ4n) is 2.88. The number of nitrogens with one attached hydrogen (secondary N) is 1. The number of ether oxygens (including phenoxy) is 2. The van der Waals surface area contributed by atoms with Gasteiger partial charge >= 0.3 is 5.97 Å². The molecule has 0 saturated heterocycles. The molecule has 2 rings (SSSR count). The second-order valence-electron chi connectivity index (χ2n) is 7.12. The van der Waals surface area contributed by atoms with Crippen molar-refractivity contribution < 1.29 is 23.6 Å². The zero-order valence-electron chi connectivity index (χ0n) is 14.8. The second kappa shape index (κ2) is 7.68. The van der Waals surface area contributed by atoms with Crippen molar-refractivity contribution in [3.05, 3.63) is 11.8 Å². The van der Waals surface area contributed by atoms with Crippen molar-refractivity contribution in [3.8, 4) is 5.88 Å². The first kappa shape index (κ1) is 18.3. The van der Waals surface area contributed by atoms with E-state index >= 15 is 0 Å². The van der Waals surface area contributed by atoms with E-state index in [9.17, 15) is 9.59 Å². The van der Waals surface area contributed by atoms with Gasteiger partial charge in [0.25, 0.3) is 11.8 Å². The Morgan fingerprint density at radius 1 is 1.29 bits per heavy atom. The minimum atomic E-state index is -0.687. The van der Waals surface area contributed by atoms with E-state index in [1.807, 2.05) is 20.8 Å². The van der Waals surface area contributed by atoms with Gasteiger partial charge in [0.2, 0.25) is 5.76 Å². The fourth-order valence-corrected chi connectivity index (χ4v) is 2.88. The van der Waals surface area contributed by atoms with E-state index in [4.69, 9.17) is 14.0 Å². The van der Waals surface area contributed by atoms with Gasteiger partial charge in [0, 0.05) is 0 Å². The summed E-state index contributed by atoms with van der Waals surface area (Å²) in [5.41, 5.74) is -0.607. The Morgan fingerprint density at radius 3 is 2.50 bits per heavy atom. The number of hydrogen-bond donors (Lipinski definition) is 1. The van der Waals surface area contributed by atoms with Crippen LogP contribution in [-0.4, -0.2) is 35.8 Å². The van der Waals surface area contributed by atoms with Crippen LogP contribution >= 0.6 is 0 Å². The van der Waals surface area contributed by atoms with Crippen molar-refractivity contribution in [2.45, 2.75) is 64.5 Å². The average Bonchev–Trinajstić information content (AvgIpc) is 3.00. The van der Waals surface area contributed by atoms with Crippen LogP contribution in [0, 0.1) is 5.92 Å². The summed E-state index contributed by atoms with van der Waals surface area (Å²) in [4.78, 5) is 25.0. The highest BCUT2D eigenvalue weighted by Crippen LogP contribution is 2.28. The molecule has 1 saturated carbocycles. The summed E-state index contributed by atoms with van der Waals surface area (Å²) < 4.78 is 15.3. The summed E-state index contributed by atoms with van der Waals surface area (Å²) in [5, 5.41) is 6.37. The van der Waals surface area contributed by atoms with Gasteiger partial charge in [-0.15, -0.1) is 0 Å². The first-order valence-electron chi connectivity index (χ1n) is 8.34. The lowest BCUT2D eigenvalue weighted by atomic mass is 9.83. The van der Waals surface area contributed by atoms with Crippen LogP contribution in [0.4, 0.5) is 0 Å². The molecular weight excluding hydrogens is 312 g/mol. The van der Waals surface area contributed by atoms with Gasteiger partial charge in [-0.2, -0.15) is 0 Å². The first-order valence-corrected chi connectivity index (χ1v) is 8.34. The SMILES string of the molecule is COc1cc(C(=O)N[C@H](C(=O)OC(C)(C)C)C2CCCCC2)on1. The molecule has 0 spiro atoms. The zero-order chi connectivity index (χ0) is 17.7. The van der Waals surface area contributed by atoms with E-state index in [0.717, 1.165) is 32.1 Å². The highest BCUT2D eigenvalue weighted by molar-refractivity contribution is 5.94. The third-order valence-corrected chi connectivity index (χ3v) is 3.99. The molecule has 134 valence electrons. The first-order chi connectivity index (χ1) is 11.3. The van der Waals surface area contributed by atoms with Crippen molar-refractivity contribution in [1.82, 2.24) is 10.5 Å². The number of amides is 1. The van der Waals surface area contributed by atoms with Crippen LogP contribution in [0.5, 0.6) is 5.88 Å². The molecule has 0 unspecified atom stereocenters. The molecule has 0 aliphatic heterocycles. The lowest BCUT2D eigenvalue weighted by molar-refractivity contribution is -0.159. The van der Waals surface area contributed by atoms with Gasteiger partial charge in [0.05, 0.1) is 13.2 Å². The maximum Gasteiger partial charge on any atom is 0.329 e. The highest BCUT2D eigenvalue weighted by Gasteiger charge is 2.35. The van der Waals surface area contributed by atoms with E-state index in [1.165, 1.54) is 13.2 Å². The normalized spacial score (nSPS) is 17.2. The standard InChI is InChI=1S/C17H26N2O5/c1-17(2,3)23-16(21)14(11-8-6-5-7-9-11)18-15(20)12-10-13(22-4)19-24-12/h10-11,14H,5-9H2,1-4H3,(H,18,20)/t14-/m0/s1. The van der Waals surface area contributed by atoms with Gasteiger partial charge < -0.3 is 19.3 Å². The van der Waals surface area contributed by atoms with Crippen molar-refractivity contribution >= 4 is 11.9 Å². The van der Waals surface area contributed by atoms with Crippen LogP contribution in [0.15, 0.2) is 10.6 Å². The maximum absolute atomic E-state index is 12.6. The minimum absolute atomic E-state index is 0.0104. The summed E-state index contributed by atoms with van der Waals surface area (Å²) >= 11 is 0. The quantitative estimate of drug-likeness (QED) is 0.830. The molecule has 0 bridgehead atoms. The van der Waals surface area contributed by atoms with Crippen LogP contribution in [0.2, 0.25) is 0 Å². The van der Waals surface area contributed by atoms with Crippen LogP contribution in [0.3, 0.4) is 0 Å². The monoisotopic (exact) mass is 338 g/mol. The highest BCUT2D eigenvalue weighted by atomic mass is 16.6. The molecule has 1 fully saturated rings. The molecule has 1 aliphatic rings. The zero-order valence-corrected chi connectivity index (χ0v) is 14.8. The molecule has 1 heterocycles. The number of methoxy groups -OCH3 is 1. The third-order valence-electron chi connectivity index (χ3n) is 3.99. The molecule has 1 atom stereocenters. The summed E-state index contributed by atoms with van der Waals surface area (Å²) in [5.74, 6) is -0.605. The fraction of sp³-hybridized carbons (Fsp3) is 0.706. The van der Waals surface area contributed by atoms with Gasteiger partial charge in [-0.3, -0.25) is 4.79 Å². The Balaban J connectivity index is 2.12. The number of esters is 1. The van der Waals surface area contributed by atoms with E-state index in [2.05, 4.69) is 10.5 Å². The molecular formula is C17H26N2O5. The predicted molar refractivity (Wildman–Crippen MR) is 86.7 cm³/mol. The van der Waals surface area contributed by atoms with Crippen LogP contribution in [0.25, 0.3) is 0 Å². The van der Waals surface area contributed by atoms with Gasteiger partial charge in [0.1, 0.15) is 11.6 Å². The van der Waals surface area contributed by atoms with Crippen molar-refractivity contribution in [2.75, 3.05) is 7.11 Å². The number of carbonyl (C=O) groups excluding carboxylic acids is 2. The average molecular weight is 338 g/mol. The van der Waals surface area contributed by atoms with Crippen molar-refractivity contribution in [1.29, 1.82) is 0 Å². The van der Waals surface area contributed by atoms with E-state index in [0.29, 0.717) is 0 Å². The van der Waals surface area contributed by atoms with Crippen LogP contribution < -0.4 is 10.1 Å². The Labute approximate surface area is 142 Å². The van der Waals surface area contributed by atoms with Crippen LogP contribution in [-0.2, 0) is 9.53 Å². The molecule has 1 aromatic heterocycles. The predicted octanol–water partition coefficient (Wildman–Crippen LogP) is 2.70. The minimum Gasteiger partial charge on any atom is -0.479 e. The lowest BCUT2D eigenvalue weighted by Gasteiger charge is -2.31. The van der Waals surface area contributed by atoms with E-state index < -0.39 is 23.5 Å². The van der Waals surface area contributed by atoms with E-state index in [-0.39, 0.29) is 17.6 Å². The largest absolute Gasteiger partial charge is 0.479 e. The topological polar surface area (TPSA) is 90.7 Å². The molecule has 1 N–H and O–H groups in total. The molecule has 7 heteroatoms.